The normalized spacial score (nSPS) is 10.5. The van der Waals surface area contributed by atoms with Crippen LogP contribution < -0.4 is 5.73 Å². The molecule has 0 atom stereocenters. The predicted octanol–water partition coefficient (Wildman–Crippen LogP) is 1.08. The maximum Gasteiger partial charge on any atom is 0.125 e. The summed E-state index contributed by atoms with van der Waals surface area (Å²) in [4.78, 5) is 0. The summed E-state index contributed by atoms with van der Waals surface area (Å²) in [5, 5.41) is 22.9. The molecule has 0 saturated heterocycles. The van der Waals surface area contributed by atoms with Gasteiger partial charge in [0.25, 0.3) is 0 Å². The Hall–Kier alpha value is -2.17. The molecule has 0 amide bonds. The molecular formula is C10H11N3O2. The van der Waals surface area contributed by atoms with Gasteiger partial charge in [0, 0.05) is 12.6 Å². The molecule has 1 aromatic heterocycles. The lowest BCUT2D eigenvalue weighted by molar-refractivity contribution is 0.461. The molecule has 2 rings (SSSR count). The van der Waals surface area contributed by atoms with Crippen LogP contribution >= 0.6 is 0 Å². The van der Waals surface area contributed by atoms with Gasteiger partial charge >= 0.3 is 0 Å². The molecule has 0 unspecified atom stereocenters. The SMILES string of the molecule is Cn1ncc(N)c1-c1cc(O)ccc1O. The Balaban J connectivity index is 2.68. The first-order valence-corrected chi connectivity index (χ1v) is 4.39. The minimum atomic E-state index is 0.0584. The van der Waals surface area contributed by atoms with Gasteiger partial charge in [-0.25, -0.2) is 0 Å². The number of nitrogens with zero attached hydrogens (tertiary/aromatic N) is 2. The fourth-order valence-corrected chi connectivity index (χ4v) is 1.50. The lowest BCUT2D eigenvalue weighted by Crippen LogP contribution is -1.96. The van der Waals surface area contributed by atoms with Crippen molar-refractivity contribution in [2.24, 2.45) is 7.05 Å². The summed E-state index contributed by atoms with van der Waals surface area (Å²) in [6, 6.07) is 4.27. The van der Waals surface area contributed by atoms with E-state index in [1.54, 1.807) is 11.7 Å². The second-order valence-corrected chi connectivity index (χ2v) is 3.27. The van der Waals surface area contributed by atoms with Crippen LogP contribution in [-0.4, -0.2) is 20.0 Å². The monoisotopic (exact) mass is 205 g/mol. The van der Waals surface area contributed by atoms with Crippen molar-refractivity contribution in [3.8, 4) is 22.8 Å². The summed E-state index contributed by atoms with van der Waals surface area (Å²) >= 11 is 0. The van der Waals surface area contributed by atoms with E-state index in [1.807, 2.05) is 0 Å². The third-order valence-corrected chi connectivity index (χ3v) is 2.20. The highest BCUT2D eigenvalue weighted by Crippen LogP contribution is 2.34. The number of phenolic OH excluding ortho intramolecular Hbond substituents is 2. The van der Waals surface area contributed by atoms with Crippen LogP contribution in [0.4, 0.5) is 5.69 Å². The molecule has 0 spiro atoms. The average Bonchev–Trinajstić information content (AvgIpc) is 2.51. The average molecular weight is 205 g/mol. The molecular weight excluding hydrogens is 194 g/mol. The fourth-order valence-electron chi connectivity index (χ4n) is 1.50. The van der Waals surface area contributed by atoms with Gasteiger partial charge < -0.3 is 15.9 Å². The Labute approximate surface area is 86.4 Å². The number of hydrogen-bond donors (Lipinski definition) is 3. The number of aryl methyl sites for hydroxylation is 1. The molecule has 0 aliphatic rings. The highest BCUT2D eigenvalue weighted by atomic mass is 16.3. The second-order valence-electron chi connectivity index (χ2n) is 3.27. The molecule has 5 nitrogen and oxygen atoms in total. The number of rotatable bonds is 1. The van der Waals surface area contributed by atoms with Crippen molar-refractivity contribution in [2.75, 3.05) is 5.73 Å². The third-order valence-electron chi connectivity index (χ3n) is 2.20. The number of nitrogen functional groups attached to an aromatic ring is 1. The van der Waals surface area contributed by atoms with Crippen LogP contribution in [0.25, 0.3) is 11.3 Å². The van der Waals surface area contributed by atoms with Crippen molar-refractivity contribution in [2.45, 2.75) is 0 Å². The van der Waals surface area contributed by atoms with Crippen molar-refractivity contribution in [1.82, 2.24) is 9.78 Å². The van der Waals surface area contributed by atoms with Gasteiger partial charge in [0.2, 0.25) is 0 Å². The first-order chi connectivity index (χ1) is 7.09. The standard InChI is InChI=1S/C10H11N3O2/c1-13-10(8(11)5-12-13)7-4-6(14)2-3-9(7)15/h2-5,14-15H,11H2,1H3. The van der Waals surface area contributed by atoms with Crippen LogP contribution in [-0.2, 0) is 7.05 Å². The number of phenols is 2. The van der Waals surface area contributed by atoms with Gasteiger partial charge in [-0.05, 0) is 18.2 Å². The molecule has 0 aliphatic carbocycles. The third kappa shape index (κ3) is 1.48. The largest absolute Gasteiger partial charge is 0.508 e. The summed E-state index contributed by atoms with van der Waals surface area (Å²) in [6.45, 7) is 0. The quantitative estimate of drug-likeness (QED) is 0.608. The van der Waals surface area contributed by atoms with Crippen LogP contribution in [0.3, 0.4) is 0 Å². The summed E-state index contributed by atoms with van der Waals surface area (Å²) in [6.07, 6.45) is 1.50. The number of benzene rings is 1. The fraction of sp³-hybridized carbons (Fsp3) is 0.100. The maximum absolute atomic E-state index is 9.65. The Morgan fingerprint density at radius 2 is 2.07 bits per heavy atom. The topological polar surface area (TPSA) is 84.3 Å². The summed E-state index contributed by atoms with van der Waals surface area (Å²) in [7, 11) is 1.72. The van der Waals surface area contributed by atoms with Crippen molar-refractivity contribution < 1.29 is 10.2 Å². The molecule has 15 heavy (non-hydrogen) atoms. The zero-order chi connectivity index (χ0) is 11.0. The van der Waals surface area contributed by atoms with Crippen LogP contribution in [0.1, 0.15) is 0 Å². The molecule has 0 saturated carbocycles. The van der Waals surface area contributed by atoms with Crippen molar-refractivity contribution in [1.29, 1.82) is 0 Å². The van der Waals surface area contributed by atoms with Crippen LogP contribution in [0.15, 0.2) is 24.4 Å². The number of nitrogens with two attached hydrogens (primary N) is 1. The van der Waals surface area contributed by atoms with Crippen molar-refractivity contribution in [3.63, 3.8) is 0 Å². The smallest absolute Gasteiger partial charge is 0.125 e. The summed E-state index contributed by atoms with van der Waals surface area (Å²) in [5.74, 6) is 0.131. The van der Waals surface area contributed by atoms with E-state index in [1.165, 1.54) is 24.4 Å². The lowest BCUT2D eigenvalue weighted by atomic mass is 10.1. The summed E-state index contributed by atoms with van der Waals surface area (Å²) in [5.41, 5.74) is 7.22. The van der Waals surface area contributed by atoms with E-state index >= 15 is 0 Å². The van der Waals surface area contributed by atoms with E-state index in [0.717, 1.165) is 0 Å². The Kier molecular flexibility index (Phi) is 2.00. The minimum absolute atomic E-state index is 0.0584. The highest BCUT2D eigenvalue weighted by Gasteiger charge is 2.12. The van der Waals surface area contributed by atoms with E-state index in [-0.39, 0.29) is 11.5 Å². The number of hydrogen-bond acceptors (Lipinski definition) is 4. The first-order valence-electron chi connectivity index (χ1n) is 4.39. The lowest BCUT2D eigenvalue weighted by Gasteiger charge is -2.06. The van der Waals surface area contributed by atoms with Crippen LogP contribution in [0.2, 0.25) is 0 Å². The first kappa shape index (κ1) is 9.39. The zero-order valence-corrected chi connectivity index (χ0v) is 8.18. The number of aromatic nitrogens is 2. The second kappa shape index (κ2) is 3.20. The molecule has 1 heterocycles. The Bertz CT molecular complexity index is 486. The van der Waals surface area contributed by atoms with E-state index in [2.05, 4.69) is 5.10 Å². The van der Waals surface area contributed by atoms with E-state index < -0.39 is 0 Å². The Morgan fingerprint density at radius 1 is 1.33 bits per heavy atom. The molecule has 5 heteroatoms. The molecule has 0 fully saturated rings. The van der Waals surface area contributed by atoms with Crippen LogP contribution in [0.5, 0.6) is 11.5 Å². The van der Waals surface area contributed by atoms with Gasteiger partial charge in [-0.1, -0.05) is 0 Å². The van der Waals surface area contributed by atoms with Gasteiger partial charge in [0.1, 0.15) is 11.5 Å². The van der Waals surface area contributed by atoms with Gasteiger partial charge in [0.05, 0.1) is 17.6 Å². The molecule has 0 bridgehead atoms. The van der Waals surface area contributed by atoms with Crippen LogP contribution in [0, 0.1) is 0 Å². The summed E-state index contributed by atoms with van der Waals surface area (Å²) < 4.78 is 1.55. The Morgan fingerprint density at radius 3 is 2.67 bits per heavy atom. The minimum Gasteiger partial charge on any atom is -0.508 e. The van der Waals surface area contributed by atoms with Gasteiger partial charge in [-0.2, -0.15) is 5.10 Å². The van der Waals surface area contributed by atoms with E-state index in [4.69, 9.17) is 5.73 Å². The number of aromatic hydroxyl groups is 2. The highest BCUT2D eigenvalue weighted by molar-refractivity contribution is 5.77. The van der Waals surface area contributed by atoms with E-state index in [0.29, 0.717) is 16.9 Å². The molecule has 0 radical (unpaired) electrons. The number of anilines is 1. The van der Waals surface area contributed by atoms with Crippen molar-refractivity contribution in [3.05, 3.63) is 24.4 Å². The molecule has 0 aliphatic heterocycles. The maximum atomic E-state index is 9.65. The van der Waals surface area contributed by atoms with E-state index in [9.17, 15) is 10.2 Å². The van der Waals surface area contributed by atoms with Crippen molar-refractivity contribution >= 4 is 5.69 Å². The predicted molar refractivity (Wildman–Crippen MR) is 56.4 cm³/mol. The zero-order valence-electron chi connectivity index (χ0n) is 8.18. The molecule has 4 N–H and O–H groups in total. The van der Waals surface area contributed by atoms with Gasteiger partial charge in [-0.15, -0.1) is 0 Å². The molecule has 2 aromatic rings. The molecule has 1 aromatic carbocycles. The molecule has 78 valence electrons. The van der Waals surface area contributed by atoms with Gasteiger partial charge in [-0.3, -0.25) is 4.68 Å². The van der Waals surface area contributed by atoms with Gasteiger partial charge in [0.15, 0.2) is 0 Å².